The first-order valence-electron chi connectivity index (χ1n) is 7.12. The maximum atomic E-state index is 14.0. The van der Waals surface area contributed by atoms with Crippen LogP contribution in [0.15, 0.2) is 49.1 Å². The van der Waals surface area contributed by atoms with Gasteiger partial charge >= 0.3 is 0 Å². The number of pyridine rings is 1. The van der Waals surface area contributed by atoms with Crippen molar-refractivity contribution in [3.05, 3.63) is 66.0 Å². The number of rotatable bonds is 5. The van der Waals surface area contributed by atoms with Crippen molar-refractivity contribution < 1.29 is 13.2 Å². The van der Waals surface area contributed by atoms with E-state index in [9.17, 15) is 8.60 Å². The number of halogens is 1. The maximum absolute atomic E-state index is 14.0. The fourth-order valence-electron chi connectivity index (χ4n) is 2.35. The number of hydrogen-bond acceptors (Lipinski definition) is 4. The highest BCUT2D eigenvalue weighted by Crippen LogP contribution is 2.24. The third-order valence-corrected chi connectivity index (χ3v) is 4.13. The summed E-state index contributed by atoms with van der Waals surface area (Å²) < 4.78 is 35.4. The van der Waals surface area contributed by atoms with Crippen molar-refractivity contribution in [2.24, 2.45) is 5.73 Å². The molecule has 0 fully saturated rings. The number of imidazole rings is 1. The Hall–Kier alpha value is -2.42. The number of aromatic nitrogens is 3. The minimum absolute atomic E-state index is 0.0236. The van der Waals surface area contributed by atoms with E-state index in [2.05, 4.69) is 9.97 Å². The number of nitrogens with zero attached hydrogens (tertiary/aromatic N) is 3. The largest absolute Gasteiger partial charge is 0.326 e. The van der Waals surface area contributed by atoms with E-state index in [1.807, 2.05) is 0 Å². The summed E-state index contributed by atoms with van der Waals surface area (Å²) in [7, 11) is 0. The standard InChI is InChI=1S/C16H15FN4O2S/c17-14-5-12(2-3-13(14)6-18)15-8-19-10-21(15)16-4-1-11(7-20-16)9-24(22)23/h1-5,7-8,10H,6,9,18H2,(H,22,23). The maximum Gasteiger partial charge on any atom is 0.157 e. The summed E-state index contributed by atoms with van der Waals surface area (Å²) >= 11 is -1.91. The van der Waals surface area contributed by atoms with Gasteiger partial charge < -0.3 is 10.3 Å². The lowest BCUT2D eigenvalue weighted by molar-refractivity contribution is 0.563. The van der Waals surface area contributed by atoms with E-state index in [0.717, 1.165) is 0 Å². The molecule has 0 amide bonds. The average molecular weight is 346 g/mol. The fourth-order valence-corrected chi connectivity index (χ4v) is 2.81. The first-order chi connectivity index (χ1) is 11.6. The van der Waals surface area contributed by atoms with Gasteiger partial charge in [0.2, 0.25) is 0 Å². The van der Waals surface area contributed by atoms with Gasteiger partial charge in [0, 0.05) is 23.9 Å². The zero-order chi connectivity index (χ0) is 17.1. The molecule has 2 heterocycles. The molecule has 6 nitrogen and oxygen atoms in total. The molecule has 0 aliphatic heterocycles. The molecule has 24 heavy (non-hydrogen) atoms. The number of hydrogen-bond donors (Lipinski definition) is 2. The highest BCUT2D eigenvalue weighted by molar-refractivity contribution is 7.78. The van der Waals surface area contributed by atoms with Crippen LogP contribution in [0.3, 0.4) is 0 Å². The van der Waals surface area contributed by atoms with Crippen molar-refractivity contribution in [1.29, 1.82) is 0 Å². The Morgan fingerprint density at radius 1 is 1.25 bits per heavy atom. The second kappa shape index (κ2) is 7.00. The van der Waals surface area contributed by atoms with Crippen LogP contribution in [0.4, 0.5) is 4.39 Å². The quantitative estimate of drug-likeness (QED) is 0.691. The molecule has 1 aromatic carbocycles. The lowest BCUT2D eigenvalue weighted by atomic mass is 10.1. The van der Waals surface area contributed by atoms with E-state index in [4.69, 9.17) is 10.3 Å². The van der Waals surface area contributed by atoms with Crippen molar-refractivity contribution in [3.63, 3.8) is 0 Å². The fraction of sp³-hybridized carbons (Fsp3) is 0.125. The van der Waals surface area contributed by atoms with Crippen LogP contribution in [0, 0.1) is 5.82 Å². The molecule has 0 saturated carbocycles. The topological polar surface area (TPSA) is 94.0 Å². The molecule has 0 spiro atoms. The van der Waals surface area contributed by atoms with E-state index in [1.54, 1.807) is 41.4 Å². The molecule has 1 unspecified atom stereocenters. The van der Waals surface area contributed by atoms with Crippen molar-refractivity contribution >= 4 is 11.1 Å². The predicted molar refractivity (Wildman–Crippen MR) is 89.1 cm³/mol. The van der Waals surface area contributed by atoms with Crippen LogP contribution in [0.2, 0.25) is 0 Å². The summed E-state index contributed by atoms with van der Waals surface area (Å²) in [5.41, 5.74) is 7.92. The van der Waals surface area contributed by atoms with Crippen molar-refractivity contribution in [2.75, 3.05) is 0 Å². The van der Waals surface area contributed by atoms with Crippen LogP contribution >= 0.6 is 0 Å². The van der Waals surface area contributed by atoms with Crippen LogP contribution in [0.1, 0.15) is 11.1 Å². The van der Waals surface area contributed by atoms with Gasteiger partial charge in [-0.05, 0) is 17.7 Å². The van der Waals surface area contributed by atoms with Crippen LogP contribution in [0.25, 0.3) is 17.1 Å². The molecule has 0 saturated heterocycles. The van der Waals surface area contributed by atoms with E-state index in [0.29, 0.717) is 28.2 Å². The van der Waals surface area contributed by atoms with Crippen LogP contribution in [0.5, 0.6) is 0 Å². The van der Waals surface area contributed by atoms with Gasteiger partial charge in [-0.15, -0.1) is 0 Å². The first kappa shape index (κ1) is 16.4. The normalized spacial score (nSPS) is 12.3. The van der Waals surface area contributed by atoms with E-state index in [-0.39, 0.29) is 18.1 Å². The summed E-state index contributed by atoms with van der Waals surface area (Å²) in [6.07, 6.45) is 4.73. The summed E-state index contributed by atoms with van der Waals surface area (Å²) in [4.78, 5) is 8.39. The molecule has 8 heteroatoms. The van der Waals surface area contributed by atoms with Crippen molar-refractivity contribution in [3.8, 4) is 17.1 Å². The van der Waals surface area contributed by atoms with Gasteiger partial charge in [0.1, 0.15) is 18.0 Å². The third kappa shape index (κ3) is 3.40. The lowest BCUT2D eigenvalue weighted by Gasteiger charge is -2.09. The second-order valence-corrected chi connectivity index (χ2v) is 6.08. The molecule has 2 aromatic heterocycles. The van der Waals surface area contributed by atoms with Gasteiger partial charge in [0.05, 0.1) is 17.6 Å². The molecule has 3 rings (SSSR count). The Kier molecular flexibility index (Phi) is 4.79. The van der Waals surface area contributed by atoms with Gasteiger partial charge in [-0.3, -0.25) is 4.57 Å². The molecular formula is C16H15FN4O2S. The molecular weight excluding hydrogens is 331 g/mol. The van der Waals surface area contributed by atoms with Gasteiger partial charge in [-0.25, -0.2) is 18.6 Å². The summed E-state index contributed by atoms with van der Waals surface area (Å²) in [6, 6.07) is 8.28. The number of benzene rings is 1. The lowest BCUT2D eigenvalue weighted by Crippen LogP contribution is -2.02. The zero-order valence-corrected chi connectivity index (χ0v) is 13.4. The van der Waals surface area contributed by atoms with Crippen LogP contribution < -0.4 is 5.73 Å². The molecule has 0 aliphatic carbocycles. The average Bonchev–Trinajstić information content (AvgIpc) is 3.04. The highest BCUT2D eigenvalue weighted by atomic mass is 32.2. The van der Waals surface area contributed by atoms with Gasteiger partial charge in [-0.1, -0.05) is 18.2 Å². The Balaban J connectivity index is 1.95. The smallest absolute Gasteiger partial charge is 0.157 e. The summed E-state index contributed by atoms with van der Waals surface area (Å²) in [5.74, 6) is 0.241. The molecule has 1 atom stereocenters. The number of nitrogens with two attached hydrogens (primary N) is 1. The van der Waals surface area contributed by atoms with E-state index in [1.165, 1.54) is 12.3 Å². The summed E-state index contributed by atoms with van der Waals surface area (Å²) in [6.45, 7) is 0.140. The Morgan fingerprint density at radius 2 is 2.08 bits per heavy atom. The minimum atomic E-state index is -1.91. The van der Waals surface area contributed by atoms with Gasteiger partial charge in [-0.2, -0.15) is 0 Å². The molecule has 3 N–H and O–H groups in total. The SMILES string of the molecule is NCc1ccc(-c2cncn2-c2ccc(CS(=O)O)cn2)cc1F. The Labute approximate surface area is 140 Å². The van der Waals surface area contributed by atoms with E-state index < -0.39 is 11.1 Å². The van der Waals surface area contributed by atoms with Gasteiger partial charge in [0.15, 0.2) is 11.1 Å². The van der Waals surface area contributed by atoms with Gasteiger partial charge in [0.25, 0.3) is 0 Å². The third-order valence-electron chi connectivity index (χ3n) is 3.55. The monoisotopic (exact) mass is 346 g/mol. The Morgan fingerprint density at radius 3 is 2.71 bits per heavy atom. The Bertz CT molecular complexity index is 880. The molecule has 3 aromatic rings. The molecule has 0 radical (unpaired) electrons. The predicted octanol–water partition coefficient (Wildman–Crippen LogP) is 2.25. The second-order valence-electron chi connectivity index (χ2n) is 5.15. The first-order valence-corrected chi connectivity index (χ1v) is 8.40. The molecule has 124 valence electrons. The molecule has 0 bridgehead atoms. The molecule has 0 aliphatic rings. The summed E-state index contributed by atoms with van der Waals surface area (Å²) in [5, 5.41) is 0. The van der Waals surface area contributed by atoms with Crippen LogP contribution in [-0.4, -0.2) is 23.3 Å². The zero-order valence-electron chi connectivity index (χ0n) is 12.6. The van der Waals surface area contributed by atoms with Crippen molar-refractivity contribution in [2.45, 2.75) is 12.3 Å². The minimum Gasteiger partial charge on any atom is -0.326 e. The van der Waals surface area contributed by atoms with Crippen molar-refractivity contribution in [1.82, 2.24) is 14.5 Å². The highest BCUT2D eigenvalue weighted by Gasteiger charge is 2.11. The van der Waals surface area contributed by atoms with E-state index >= 15 is 0 Å². The van der Waals surface area contributed by atoms with Crippen LogP contribution in [-0.2, 0) is 23.4 Å².